The first-order valence-corrected chi connectivity index (χ1v) is 10.2. The summed E-state index contributed by atoms with van der Waals surface area (Å²) in [4.78, 5) is 25.4. The van der Waals surface area contributed by atoms with Gasteiger partial charge in [0.2, 0.25) is 5.91 Å². The fourth-order valence-electron chi connectivity index (χ4n) is 3.77. The molecule has 3 N–H and O–H groups in total. The Balaban J connectivity index is 1.50. The van der Waals surface area contributed by atoms with E-state index in [1.807, 2.05) is 30.3 Å². The predicted octanol–water partition coefficient (Wildman–Crippen LogP) is 3.07. The van der Waals surface area contributed by atoms with Crippen molar-refractivity contribution in [2.24, 2.45) is 0 Å². The number of rotatable bonds is 3. The summed E-state index contributed by atoms with van der Waals surface area (Å²) in [5, 5.41) is 16.8. The highest BCUT2D eigenvalue weighted by molar-refractivity contribution is 7.99. The highest BCUT2D eigenvalue weighted by Gasteiger charge is 2.34. The summed E-state index contributed by atoms with van der Waals surface area (Å²) in [6.45, 7) is 0.168. The summed E-state index contributed by atoms with van der Waals surface area (Å²) in [5.74, 6) is 0.446. The fraction of sp³-hybridized carbons (Fsp3) is 0.333. The first kappa shape index (κ1) is 18.1. The van der Waals surface area contributed by atoms with Gasteiger partial charge in [-0.1, -0.05) is 24.3 Å². The van der Waals surface area contributed by atoms with Crippen LogP contribution >= 0.6 is 11.8 Å². The Bertz CT molecular complexity index is 899. The molecule has 1 heterocycles. The highest BCUT2D eigenvalue weighted by atomic mass is 32.2. The summed E-state index contributed by atoms with van der Waals surface area (Å²) in [6, 6.07) is 13.2. The summed E-state index contributed by atoms with van der Waals surface area (Å²) < 4.78 is 0. The number of aryl methyl sites for hydroxylation is 1. The molecule has 2 amide bonds. The van der Waals surface area contributed by atoms with Gasteiger partial charge >= 0.3 is 0 Å². The lowest BCUT2D eigenvalue weighted by molar-refractivity contribution is -0.115. The van der Waals surface area contributed by atoms with Crippen LogP contribution in [-0.4, -0.2) is 29.2 Å². The van der Waals surface area contributed by atoms with E-state index in [1.54, 1.807) is 23.9 Å². The van der Waals surface area contributed by atoms with E-state index in [0.29, 0.717) is 24.1 Å². The van der Waals surface area contributed by atoms with Crippen molar-refractivity contribution in [1.29, 1.82) is 0 Å². The van der Waals surface area contributed by atoms with Crippen LogP contribution in [0.1, 0.15) is 40.7 Å². The van der Waals surface area contributed by atoms with E-state index < -0.39 is 5.60 Å². The maximum atomic E-state index is 12.7. The second-order valence-corrected chi connectivity index (χ2v) is 8.22. The third-order valence-corrected chi connectivity index (χ3v) is 6.27. The van der Waals surface area contributed by atoms with Crippen LogP contribution in [-0.2, 0) is 16.8 Å². The minimum atomic E-state index is -1.04. The molecule has 0 aromatic heterocycles. The first-order valence-electron chi connectivity index (χ1n) is 9.21. The lowest BCUT2D eigenvalue weighted by Crippen LogP contribution is -2.43. The average molecular weight is 382 g/mol. The van der Waals surface area contributed by atoms with Crippen LogP contribution in [0.4, 0.5) is 5.69 Å². The number of anilines is 1. The van der Waals surface area contributed by atoms with E-state index in [9.17, 15) is 14.7 Å². The third-order valence-electron chi connectivity index (χ3n) is 5.20. The van der Waals surface area contributed by atoms with Crippen LogP contribution < -0.4 is 10.6 Å². The Morgan fingerprint density at radius 3 is 2.96 bits per heavy atom. The Labute approximate surface area is 162 Å². The van der Waals surface area contributed by atoms with E-state index in [4.69, 9.17) is 0 Å². The van der Waals surface area contributed by atoms with Crippen LogP contribution in [0.25, 0.3) is 0 Å². The summed E-state index contributed by atoms with van der Waals surface area (Å²) >= 11 is 1.61. The van der Waals surface area contributed by atoms with Gasteiger partial charge in [0.25, 0.3) is 5.91 Å². The summed E-state index contributed by atoms with van der Waals surface area (Å²) in [7, 11) is 0. The largest absolute Gasteiger partial charge is 0.383 e. The molecular weight excluding hydrogens is 360 g/mol. The lowest BCUT2D eigenvalue weighted by atomic mass is 9.79. The van der Waals surface area contributed by atoms with Gasteiger partial charge in [-0.05, 0) is 48.6 Å². The second-order valence-electron chi connectivity index (χ2n) is 7.08. The Kier molecular flexibility index (Phi) is 4.93. The Morgan fingerprint density at radius 1 is 1.22 bits per heavy atom. The molecule has 0 saturated heterocycles. The summed E-state index contributed by atoms with van der Waals surface area (Å²) in [5.41, 5.74) is 2.16. The van der Waals surface area contributed by atoms with Crippen molar-refractivity contribution in [3.05, 3.63) is 59.2 Å². The number of benzene rings is 2. The number of carbonyl (C=O) groups is 2. The molecule has 2 aromatic carbocycles. The molecule has 2 aromatic rings. The molecule has 27 heavy (non-hydrogen) atoms. The highest BCUT2D eigenvalue weighted by Crippen LogP contribution is 2.35. The topological polar surface area (TPSA) is 78.4 Å². The zero-order chi connectivity index (χ0) is 18.9. The second kappa shape index (κ2) is 7.37. The Hall–Kier alpha value is -2.31. The molecule has 1 atom stereocenters. The van der Waals surface area contributed by atoms with Gasteiger partial charge in [-0.15, -0.1) is 11.8 Å². The average Bonchev–Trinajstić information content (AvgIpc) is 2.86. The minimum Gasteiger partial charge on any atom is -0.383 e. The molecule has 0 spiro atoms. The van der Waals surface area contributed by atoms with Crippen LogP contribution in [0.3, 0.4) is 0 Å². The first-order chi connectivity index (χ1) is 13.0. The molecule has 1 aliphatic carbocycles. The molecular formula is C21H22N2O3S. The number of hydrogen-bond acceptors (Lipinski definition) is 4. The molecule has 1 aliphatic heterocycles. The van der Waals surface area contributed by atoms with Crippen molar-refractivity contribution >= 4 is 29.3 Å². The van der Waals surface area contributed by atoms with Crippen molar-refractivity contribution in [1.82, 2.24) is 5.32 Å². The molecule has 2 aliphatic rings. The fourth-order valence-corrected chi connectivity index (χ4v) is 4.71. The number of hydrogen-bond donors (Lipinski definition) is 3. The molecule has 6 heteroatoms. The van der Waals surface area contributed by atoms with Crippen molar-refractivity contribution in [2.75, 3.05) is 17.6 Å². The van der Waals surface area contributed by atoms with Crippen molar-refractivity contribution < 1.29 is 14.7 Å². The zero-order valence-corrected chi connectivity index (χ0v) is 15.8. The molecule has 4 rings (SSSR count). The van der Waals surface area contributed by atoms with Gasteiger partial charge in [0.15, 0.2) is 0 Å². The molecule has 0 fully saturated rings. The SMILES string of the molecule is O=C1CCSc2ccc(C(=O)NC[C@@]3(O)CCCc4ccccc43)cc2N1. The van der Waals surface area contributed by atoms with Crippen molar-refractivity contribution in [3.63, 3.8) is 0 Å². The molecule has 5 nitrogen and oxygen atoms in total. The quantitative estimate of drug-likeness (QED) is 0.762. The standard InChI is InChI=1S/C21H22N2O3S/c24-19-9-11-27-18-8-7-15(12-17(18)23-19)20(25)22-13-21(26)10-3-5-14-4-1-2-6-16(14)21/h1-2,4,6-8,12,26H,3,5,9-11,13H2,(H,22,25)(H,23,24)/t21-/m0/s1. The van der Waals surface area contributed by atoms with Gasteiger partial charge in [-0.25, -0.2) is 0 Å². The van der Waals surface area contributed by atoms with Crippen LogP contribution in [0.2, 0.25) is 0 Å². The molecule has 0 unspecified atom stereocenters. The van der Waals surface area contributed by atoms with Crippen molar-refractivity contribution in [2.45, 2.75) is 36.2 Å². The number of carbonyl (C=O) groups excluding carboxylic acids is 2. The normalized spacial score (nSPS) is 21.4. The van der Waals surface area contributed by atoms with E-state index >= 15 is 0 Å². The molecule has 0 bridgehead atoms. The maximum Gasteiger partial charge on any atom is 0.251 e. The monoisotopic (exact) mass is 382 g/mol. The molecule has 0 saturated carbocycles. The van der Waals surface area contributed by atoms with Gasteiger partial charge in [-0.2, -0.15) is 0 Å². The smallest absolute Gasteiger partial charge is 0.251 e. The predicted molar refractivity (Wildman–Crippen MR) is 106 cm³/mol. The van der Waals surface area contributed by atoms with E-state index in [1.165, 1.54) is 0 Å². The third kappa shape index (κ3) is 3.73. The van der Waals surface area contributed by atoms with Crippen molar-refractivity contribution in [3.8, 4) is 0 Å². The van der Waals surface area contributed by atoms with Gasteiger partial charge in [0.1, 0.15) is 5.60 Å². The lowest BCUT2D eigenvalue weighted by Gasteiger charge is -2.34. The van der Waals surface area contributed by atoms with Gasteiger partial charge in [0.05, 0.1) is 12.2 Å². The minimum absolute atomic E-state index is 0.0352. The number of aliphatic hydroxyl groups is 1. The van der Waals surface area contributed by atoms with Crippen LogP contribution in [0.15, 0.2) is 47.4 Å². The Morgan fingerprint density at radius 2 is 2.07 bits per heavy atom. The van der Waals surface area contributed by atoms with Crippen LogP contribution in [0.5, 0.6) is 0 Å². The van der Waals surface area contributed by atoms with E-state index in [0.717, 1.165) is 34.6 Å². The number of fused-ring (bicyclic) bond motifs is 2. The zero-order valence-electron chi connectivity index (χ0n) is 15.0. The maximum absolute atomic E-state index is 12.7. The van der Waals surface area contributed by atoms with Gasteiger partial charge in [-0.3, -0.25) is 9.59 Å². The van der Waals surface area contributed by atoms with Gasteiger partial charge in [0, 0.05) is 22.6 Å². The number of amides is 2. The van der Waals surface area contributed by atoms with Gasteiger partial charge < -0.3 is 15.7 Å². The number of thioether (sulfide) groups is 1. The van der Waals surface area contributed by atoms with E-state index in [-0.39, 0.29) is 18.4 Å². The number of nitrogens with one attached hydrogen (secondary N) is 2. The van der Waals surface area contributed by atoms with E-state index in [2.05, 4.69) is 10.6 Å². The summed E-state index contributed by atoms with van der Waals surface area (Å²) in [6.07, 6.45) is 2.94. The molecule has 140 valence electrons. The van der Waals surface area contributed by atoms with Crippen LogP contribution in [0, 0.1) is 0 Å². The molecule has 0 radical (unpaired) electrons.